The van der Waals surface area contributed by atoms with E-state index in [1.807, 2.05) is 26.4 Å². The highest BCUT2D eigenvalue weighted by molar-refractivity contribution is 5.74. The molecule has 0 spiro atoms. The average Bonchev–Trinajstić information content (AvgIpc) is 3.22. The van der Waals surface area contributed by atoms with Crippen LogP contribution in [0.1, 0.15) is 24.0 Å². The third-order valence-corrected chi connectivity index (χ3v) is 4.34. The van der Waals surface area contributed by atoms with E-state index in [0.717, 1.165) is 18.4 Å². The molecule has 0 atom stereocenters. The molecular formula is C17H22N4O. The molecule has 1 aromatic heterocycles. The van der Waals surface area contributed by atoms with Crippen molar-refractivity contribution in [2.75, 3.05) is 13.6 Å². The first-order valence-electron chi connectivity index (χ1n) is 7.61. The lowest BCUT2D eigenvalue weighted by Gasteiger charge is -2.21. The van der Waals surface area contributed by atoms with Gasteiger partial charge in [-0.3, -0.25) is 4.68 Å². The van der Waals surface area contributed by atoms with Crippen LogP contribution in [0.25, 0.3) is 0 Å². The highest BCUT2D eigenvalue weighted by Crippen LogP contribution is 2.47. The van der Waals surface area contributed by atoms with Crippen LogP contribution >= 0.6 is 0 Å². The third-order valence-electron chi connectivity index (χ3n) is 4.34. The van der Waals surface area contributed by atoms with E-state index < -0.39 is 0 Å². The molecule has 1 aliphatic carbocycles. The highest BCUT2D eigenvalue weighted by Gasteiger charge is 2.44. The van der Waals surface area contributed by atoms with Crippen molar-refractivity contribution in [2.24, 2.45) is 7.05 Å². The van der Waals surface area contributed by atoms with E-state index in [0.29, 0.717) is 13.1 Å². The van der Waals surface area contributed by atoms with Crippen LogP contribution < -0.4 is 5.32 Å². The molecule has 1 N–H and O–H groups in total. The summed E-state index contributed by atoms with van der Waals surface area (Å²) in [7, 11) is 3.69. The number of benzene rings is 1. The Kier molecular flexibility index (Phi) is 3.88. The Hall–Kier alpha value is -2.30. The molecule has 5 nitrogen and oxygen atoms in total. The van der Waals surface area contributed by atoms with Crippen LogP contribution in [0.4, 0.5) is 4.79 Å². The number of carbonyl (C=O) groups is 1. The number of rotatable bonds is 5. The first kappa shape index (κ1) is 14.6. The van der Waals surface area contributed by atoms with E-state index in [1.165, 1.54) is 5.56 Å². The van der Waals surface area contributed by atoms with Crippen LogP contribution in [0, 0.1) is 0 Å². The molecule has 1 fully saturated rings. The van der Waals surface area contributed by atoms with Crippen LogP contribution in [-0.2, 0) is 19.0 Å². The number of aryl methyl sites for hydroxylation is 1. The fourth-order valence-corrected chi connectivity index (χ4v) is 2.79. The molecular weight excluding hydrogens is 276 g/mol. The van der Waals surface area contributed by atoms with Gasteiger partial charge in [0.05, 0.1) is 12.7 Å². The molecule has 1 aromatic carbocycles. The summed E-state index contributed by atoms with van der Waals surface area (Å²) >= 11 is 0. The van der Waals surface area contributed by atoms with E-state index >= 15 is 0 Å². The SMILES string of the molecule is CN(Cc1cnn(C)c1)C(=O)NCC1(c2ccccc2)CC1. The van der Waals surface area contributed by atoms with Gasteiger partial charge < -0.3 is 10.2 Å². The maximum atomic E-state index is 12.2. The fourth-order valence-electron chi connectivity index (χ4n) is 2.79. The van der Waals surface area contributed by atoms with Gasteiger partial charge in [0.1, 0.15) is 0 Å². The van der Waals surface area contributed by atoms with Crippen molar-refractivity contribution < 1.29 is 4.79 Å². The molecule has 2 amide bonds. The van der Waals surface area contributed by atoms with E-state index in [2.05, 4.69) is 34.7 Å². The molecule has 116 valence electrons. The summed E-state index contributed by atoms with van der Waals surface area (Å²) in [5, 5.41) is 7.19. The summed E-state index contributed by atoms with van der Waals surface area (Å²) in [6, 6.07) is 10.4. The van der Waals surface area contributed by atoms with Crippen molar-refractivity contribution in [3.8, 4) is 0 Å². The van der Waals surface area contributed by atoms with Gasteiger partial charge in [-0.1, -0.05) is 30.3 Å². The molecule has 0 aliphatic heterocycles. The third kappa shape index (κ3) is 3.13. The zero-order valence-electron chi connectivity index (χ0n) is 13.1. The summed E-state index contributed by atoms with van der Waals surface area (Å²) in [6.45, 7) is 1.27. The van der Waals surface area contributed by atoms with Crippen LogP contribution in [-0.4, -0.2) is 34.3 Å². The number of carbonyl (C=O) groups excluding carboxylic acids is 1. The summed E-state index contributed by atoms with van der Waals surface area (Å²) < 4.78 is 1.75. The summed E-state index contributed by atoms with van der Waals surface area (Å²) in [5.41, 5.74) is 2.50. The average molecular weight is 298 g/mol. The number of urea groups is 1. The van der Waals surface area contributed by atoms with Gasteiger partial charge in [0.25, 0.3) is 0 Å². The Morgan fingerprint density at radius 2 is 2.09 bits per heavy atom. The second-order valence-electron chi connectivity index (χ2n) is 6.18. The molecule has 1 heterocycles. The normalized spacial score (nSPS) is 15.4. The van der Waals surface area contributed by atoms with Gasteiger partial charge in [0, 0.05) is 37.8 Å². The second kappa shape index (κ2) is 5.83. The molecule has 0 unspecified atom stereocenters. The number of nitrogens with one attached hydrogen (secondary N) is 1. The van der Waals surface area contributed by atoms with Crippen LogP contribution in [0.5, 0.6) is 0 Å². The summed E-state index contributed by atoms with van der Waals surface area (Å²) in [5.74, 6) is 0. The van der Waals surface area contributed by atoms with E-state index in [1.54, 1.807) is 15.8 Å². The number of amides is 2. The molecule has 22 heavy (non-hydrogen) atoms. The molecule has 1 aliphatic rings. The van der Waals surface area contributed by atoms with Crippen molar-refractivity contribution >= 4 is 6.03 Å². The van der Waals surface area contributed by atoms with Gasteiger partial charge in [-0.05, 0) is 18.4 Å². The van der Waals surface area contributed by atoms with Gasteiger partial charge in [-0.25, -0.2) is 4.79 Å². The van der Waals surface area contributed by atoms with Crippen LogP contribution in [0.15, 0.2) is 42.7 Å². The smallest absolute Gasteiger partial charge is 0.317 e. The Bertz CT molecular complexity index is 646. The van der Waals surface area contributed by atoms with Crippen molar-refractivity contribution in [3.05, 3.63) is 53.9 Å². The molecule has 2 aromatic rings. The monoisotopic (exact) mass is 298 g/mol. The van der Waals surface area contributed by atoms with Crippen molar-refractivity contribution in [2.45, 2.75) is 24.8 Å². The first-order chi connectivity index (χ1) is 10.6. The maximum Gasteiger partial charge on any atom is 0.317 e. The maximum absolute atomic E-state index is 12.2. The number of hydrogen-bond donors (Lipinski definition) is 1. The van der Waals surface area contributed by atoms with E-state index in [-0.39, 0.29) is 11.4 Å². The lowest BCUT2D eigenvalue weighted by atomic mass is 9.96. The predicted molar refractivity (Wildman–Crippen MR) is 85.4 cm³/mol. The minimum Gasteiger partial charge on any atom is -0.337 e. The summed E-state index contributed by atoms with van der Waals surface area (Å²) in [4.78, 5) is 13.9. The van der Waals surface area contributed by atoms with Crippen molar-refractivity contribution in [3.63, 3.8) is 0 Å². The van der Waals surface area contributed by atoms with Gasteiger partial charge in [0.15, 0.2) is 0 Å². The van der Waals surface area contributed by atoms with Gasteiger partial charge in [-0.2, -0.15) is 5.10 Å². The number of nitrogens with zero attached hydrogens (tertiary/aromatic N) is 3. The van der Waals surface area contributed by atoms with Gasteiger partial charge in [-0.15, -0.1) is 0 Å². The minimum absolute atomic E-state index is 0.0361. The van der Waals surface area contributed by atoms with Crippen molar-refractivity contribution in [1.29, 1.82) is 0 Å². The van der Waals surface area contributed by atoms with Gasteiger partial charge in [0.2, 0.25) is 0 Å². The Labute approximate surface area is 130 Å². The molecule has 5 heteroatoms. The highest BCUT2D eigenvalue weighted by atomic mass is 16.2. The Morgan fingerprint density at radius 3 is 2.68 bits per heavy atom. The quantitative estimate of drug-likeness (QED) is 0.921. The summed E-state index contributed by atoms with van der Waals surface area (Å²) in [6.07, 6.45) is 6.00. The molecule has 0 bridgehead atoms. The number of hydrogen-bond acceptors (Lipinski definition) is 2. The standard InChI is InChI=1S/C17H22N4O/c1-20(11-14-10-19-21(2)12-14)16(22)18-13-17(8-9-17)15-6-4-3-5-7-15/h3-7,10,12H,8-9,11,13H2,1-2H3,(H,18,22). The topological polar surface area (TPSA) is 50.2 Å². The molecule has 0 radical (unpaired) electrons. The van der Waals surface area contributed by atoms with Crippen molar-refractivity contribution in [1.82, 2.24) is 20.0 Å². The second-order valence-corrected chi connectivity index (χ2v) is 6.18. The van der Waals surface area contributed by atoms with Crippen LogP contribution in [0.2, 0.25) is 0 Å². The fraction of sp³-hybridized carbons (Fsp3) is 0.412. The molecule has 1 saturated carbocycles. The van der Waals surface area contributed by atoms with E-state index in [9.17, 15) is 4.79 Å². The minimum atomic E-state index is -0.0361. The predicted octanol–water partition coefficient (Wildman–Crippen LogP) is 2.29. The zero-order valence-corrected chi connectivity index (χ0v) is 13.1. The number of aromatic nitrogens is 2. The van der Waals surface area contributed by atoms with Crippen LogP contribution in [0.3, 0.4) is 0 Å². The molecule has 0 saturated heterocycles. The molecule has 3 rings (SSSR count). The lowest BCUT2D eigenvalue weighted by Crippen LogP contribution is -2.40. The first-order valence-corrected chi connectivity index (χ1v) is 7.61. The Morgan fingerprint density at radius 1 is 1.36 bits per heavy atom. The zero-order chi connectivity index (χ0) is 15.6. The van der Waals surface area contributed by atoms with Gasteiger partial charge >= 0.3 is 6.03 Å². The Balaban J connectivity index is 1.54. The van der Waals surface area contributed by atoms with E-state index in [4.69, 9.17) is 0 Å². The lowest BCUT2D eigenvalue weighted by molar-refractivity contribution is 0.206. The largest absolute Gasteiger partial charge is 0.337 e.